The predicted molar refractivity (Wildman–Crippen MR) is 69.9 cm³/mol. The van der Waals surface area contributed by atoms with Crippen LogP contribution in [0.1, 0.15) is 5.76 Å². The summed E-state index contributed by atoms with van der Waals surface area (Å²) in [7, 11) is 0. The lowest BCUT2D eigenvalue weighted by Gasteiger charge is -2.04. The quantitative estimate of drug-likeness (QED) is 0.720. The van der Waals surface area contributed by atoms with Gasteiger partial charge in [-0.25, -0.2) is 14.8 Å². The molecule has 0 aliphatic heterocycles. The second-order valence-corrected chi connectivity index (χ2v) is 4.15. The molecule has 5 nitrogen and oxygen atoms in total. The first-order valence-corrected chi connectivity index (χ1v) is 5.71. The topological polar surface area (TPSA) is 76.2 Å². The minimum atomic E-state index is -0.611. The lowest BCUT2D eigenvalue weighted by molar-refractivity contribution is 0.438. The van der Waals surface area contributed by atoms with Crippen LogP contribution in [-0.4, -0.2) is 15.1 Å². The number of aryl methyl sites for hydroxylation is 1. The van der Waals surface area contributed by atoms with Gasteiger partial charge in [-0.15, -0.1) is 0 Å². The minimum Gasteiger partial charge on any atom is -0.507 e. The smallest absolute Gasteiger partial charge is 0.349 e. The molecule has 3 heterocycles. The number of fused-ring (bicyclic) bond motifs is 1. The van der Waals surface area contributed by atoms with Crippen LogP contribution in [0.15, 0.2) is 45.7 Å². The van der Waals surface area contributed by atoms with E-state index in [9.17, 15) is 9.90 Å². The number of nitrogens with zero attached hydrogens (tertiary/aromatic N) is 2. The number of pyridine rings is 2. The third-order valence-electron chi connectivity index (χ3n) is 2.77. The molecule has 1 N–H and O–H groups in total. The maximum atomic E-state index is 11.8. The number of aromatic hydroxyl groups is 1. The molecule has 0 atom stereocenters. The second-order valence-electron chi connectivity index (χ2n) is 4.15. The molecule has 0 radical (unpaired) electrons. The van der Waals surface area contributed by atoms with Crippen molar-refractivity contribution in [3.8, 4) is 17.0 Å². The molecule has 3 aromatic rings. The molecule has 5 heteroatoms. The van der Waals surface area contributed by atoms with E-state index >= 15 is 0 Å². The van der Waals surface area contributed by atoms with Crippen molar-refractivity contribution in [3.05, 3.63) is 52.7 Å². The second kappa shape index (κ2) is 4.20. The Balaban J connectivity index is 2.28. The highest BCUT2D eigenvalue weighted by atomic mass is 16.4. The summed E-state index contributed by atoms with van der Waals surface area (Å²) in [5.41, 5.74) is 0.301. The monoisotopic (exact) mass is 254 g/mol. The van der Waals surface area contributed by atoms with E-state index in [1.165, 1.54) is 6.07 Å². The van der Waals surface area contributed by atoms with E-state index < -0.39 is 5.63 Å². The van der Waals surface area contributed by atoms with Gasteiger partial charge in [0.15, 0.2) is 5.65 Å². The Hall–Kier alpha value is -2.69. The maximum Gasteiger partial charge on any atom is 0.349 e. The summed E-state index contributed by atoms with van der Waals surface area (Å²) in [6.45, 7) is 1.60. The van der Waals surface area contributed by atoms with Gasteiger partial charge in [-0.05, 0) is 31.2 Å². The Morgan fingerprint density at radius 2 is 2.11 bits per heavy atom. The molecule has 0 bridgehead atoms. The highest BCUT2D eigenvalue weighted by Crippen LogP contribution is 2.25. The molecular formula is C14H10N2O3. The Labute approximate surface area is 108 Å². The zero-order valence-electron chi connectivity index (χ0n) is 10.1. The third-order valence-corrected chi connectivity index (χ3v) is 2.77. The zero-order chi connectivity index (χ0) is 13.4. The average molecular weight is 254 g/mol. The van der Waals surface area contributed by atoms with E-state index in [1.807, 2.05) is 6.07 Å². The first kappa shape index (κ1) is 11.4. The van der Waals surface area contributed by atoms with Crippen molar-refractivity contribution < 1.29 is 9.52 Å². The minimum absolute atomic E-state index is 0.0538. The zero-order valence-corrected chi connectivity index (χ0v) is 10.1. The fourth-order valence-corrected chi connectivity index (χ4v) is 1.92. The van der Waals surface area contributed by atoms with Gasteiger partial charge in [0.2, 0.25) is 0 Å². The van der Waals surface area contributed by atoms with Gasteiger partial charge in [-0.2, -0.15) is 0 Å². The van der Waals surface area contributed by atoms with Gasteiger partial charge < -0.3 is 9.52 Å². The number of hydrogen-bond donors (Lipinski definition) is 1. The maximum absolute atomic E-state index is 11.8. The van der Waals surface area contributed by atoms with E-state index in [-0.39, 0.29) is 11.3 Å². The summed E-state index contributed by atoms with van der Waals surface area (Å²) >= 11 is 0. The van der Waals surface area contributed by atoms with E-state index in [1.54, 1.807) is 31.3 Å². The van der Waals surface area contributed by atoms with Crippen LogP contribution in [0, 0.1) is 6.92 Å². The molecule has 3 rings (SSSR count). The highest BCUT2D eigenvalue weighted by molar-refractivity contribution is 5.78. The summed E-state index contributed by atoms with van der Waals surface area (Å²) in [4.78, 5) is 20.2. The Morgan fingerprint density at radius 1 is 1.26 bits per heavy atom. The molecule has 0 aliphatic rings. The van der Waals surface area contributed by atoms with Crippen LogP contribution in [0.4, 0.5) is 0 Å². The van der Waals surface area contributed by atoms with Crippen molar-refractivity contribution in [1.29, 1.82) is 0 Å². The van der Waals surface area contributed by atoms with Crippen LogP contribution in [-0.2, 0) is 0 Å². The van der Waals surface area contributed by atoms with Gasteiger partial charge in [0.05, 0.1) is 5.69 Å². The number of aromatic nitrogens is 2. The molecule has 3 aromatic heterocycles. The highest BCUT2D eigenvalue weighted by Gasteiger charge is 2.14. The summed E-state index contributed by atoms with van der Waals surface area (Å²) in [5.74, 6) is 0.210. The molecule has 0 aromatic carbocycles. The van der Waals surface area contributed by atoms with E-state index in [2.05, 4.69) is 9.97 Å². The first-order chi connectivity index (χ1) is 9.15. The standard InChI is InChI=1S/C14H10N2O3/c1-8-7-11(17)12(14(18)19-8)10-5-4-9-3-2-6-15-13(9)16-10/h2-7,17H,1H3. The normalized spacial score (nSPS) is 10.8. The summed E-state index contributed by atoms with van der Waals surface area (Å²) in [6, 6.07) is 8.52. The van der Waals surface area contributed by atoms with Crippen LogP contribution in [0.3, 0.4) is 0 Å². The third kappa shape index (κ3) is 1.95. The molecule has 0 fully saturated rings. The van der Waals surface area contributed by atoms with E-state index in [0.717, 1.165) is 5.39 Å². The first-order valence-electron chi connectivity index (χ1n) is 5.71. The van der Waals surface area contributed by atoms with Gasteiger partial charge in [0, 0.05) is 17.6 Å². The van der Waals surface area contributed by atoms with Crippen LogP contribution < -0.4 is 5.63 Å². The Morgan fingerprint density at radius 3 is 2.89 bits per heavy atom. The number of rotatable bonds is 1. The molecule has 0 saturated heterocycles. The molecule has 0 amide bonds. The average Bonchev–Trinajstić information content (AvgIpc) is 2.37. The Kier molecular flexibility index (Phi) is 2.52. The van der Waals surface area contributed by atoms with Gasteiger partial charge in [-0.3, -0.25) is 0 Å². The van der Waals surface area contributed by atoms with Crippen molar-refractivity contribution in [3.63, 3.8) is 0 Å². The number of hydrogen-bond acceptors (Lipinski definition) is 5. The largest absolute Gasteiger partial charge is 0.507 e. The van der Waals surface area contributed by atoms with Crippen LogP contribution in [0.2, 0.25) is 0 Å². The summed E-state index contributed by atoms with van der Waals surface area (Å²) in [6.07, 6.45) is 1.62. The van der Waals surface area contributed by atoms with E-state index in [0.29, 0.717) is 17.1 Å². The summed E-state index contributed by atoms with van der Waals surface area (Å²) < 4.78 is 4.98. The molecule has 0 saturated carbocycles. The van der Waals surface area contributed by atoms with Crippen molar-refractivity contribution in [1.82, 2.24) is 9.97 Å². The lowest BCUT2D eigenvalue weighted by Crippen LogP contribution is -2.05. The lowest BCUT2D eigenvalue weighted by atomic mass is 10.1. The van der Waals surface area contributed by atoms with Crippen LogP contribution >= 0.6 is 0 Å². The van der Waals surface area contributed by atoms with Crippen molar-refractivity contribution in [2.75, 3.05) is 0 Å². The van der Waals surface area contributed by atoms with Gasteiger partial charge >= 0.3 is 5.63 Å². The predicted octanol–water partition coefficient (Wildman–Crippen LogP) is 2.26. The molecule has 0 unspecified atom stereocenters. The fraction of sp³-hybridized carbons (Fsp3) is 0.0714. The van der Waals surface area contributed by atoms with Crippen LogP contribution in [0.25, 0.3) is 22.3 Å². The van der Waals surface area contributed by atoms with Crippen molar-refractivity contribution >= 4 is 11.0 Å². The summed E-state index contributed by atoms with van der Waals surface area (Å²) in [5, 5.41) is 10.7. The van der Waals surface area contributed by atoms with Crippen LogP contribution in [0.5, 0.6) is 5.75 Å². The SMILES string of the molecule is Cc1cc(O)c(-c2ccc3cccnc3n2)c(=O)o1. The molecule has 0 spiro atoms. The molecule has 0 aliphatic carbocycles. The van der Waals surface area contributed by atoms with E-state index in [4.69, 9.17) is 4.42 Å². The van der Waals surface area contributed by atoms with Gasteiger partial charge in [-0.1, -0.05) is 0 Å². The Bertz CT molecular complexity index is 824. The fourth-order valence-electron chi connectivity index (χ4n) is 1.92. The van der Waals surface area contributed by atoms with Crippen molar-refractivity contribution in [2.45, 2.75) is 6.92 Å². The van der Waals surface area contributed by atoms with Gasteiger partial charge in [0.25, 0.3) is 0 Å². The molecule has 19 heavy (non-hydrogen) atoms. The molecule has 94 valence electrons. The molecular weight excluding hydrogens is 244 g/mol. The van der Waals surface area contributed by atoms with Crippen molar-refractivity contribution in [2.24, 2.45) is 0 Å². The van der Waals surface area contributed by atoms with Gasteiger partial charge in [0.1, 0.15) is 17.1 Å².